The molecule has 1 N–H and O–H groups in total. The minimum Gasteiger partial charge on any atom is -0.321 e. The van der Waals surface area contributed by atoms with E-state index >= 15 is 0 Å². The van der Waals surface area contributed by atoms with Gasteiger partial charge in [-0.05, 0) is 41.0 Å². The zero-order valence-corrected chi connectivity index (χ0v) is 14.5. The topological polar surface area (TPSA) is 52.9 Å². The molecule has 132 valence electrons. The number of nitriles is 1. The first-order chi connectivity index (χ1) is 13.2. The second kappa shape index (κ2) is 8.59. The number of halogens is 1. The van der Waals surface area contributed by atoms with E-state index in [1.807, 2.05) is 36.4 Å². The first-order valence-electron chi connectivity index (χ1n) is 8.47. The Labute approximate surface area is 157 Å². The summed E-state index contributed by atoms with van der Waals surface area (Å²) in [6.45, 7) is 0. The summed E-state index contributed by atoms with van der Waals surface area (Å²) in [5.74, 6) is -0.761. The van der Waals surface area contributed by atoms with Crippen molar-refractivity contribution in [1.82, 2.24) is 0 Å². The summed E-state index contributed by atoms with van der Waals surface area (Å²) in [5, 5.41) is 12.1. The van der Waals surface area contributed by atoms with Gasteiger partial charge < -0.3 is 5.32 Å². The van der Waals surface area contributed by atoms with Gasteiger partial charge in [0.25, 0.3) is 5.91 Å². The summed E-state index contributed by atoms with van der Waals surface area (Å²) in [4.78, 5) is 12.4. The van der Waals surface area contributed by atoms with Crippen LogP contribution >= 0.6 is 0 Å². The summed E-state index contributed by atoms with van der Waals surface area (Å²) in [7, 11) is 0. The molecule has 3 aromatic rings. The number of nitrogens with zero attached hydrogens (tertiary/aromatic N) is 1. The minimum absolute atomic E-state index is 0.0140. The number of carbonyl (C=O) groups excluding carboxylic acids is 1. The van der Waals surface area contributed by atoms with Gasteiger partial charge in [-0.25, -0.2) is 4.39 Å². The van der Waals surface area contributed by atoms with Crippen LogP contribution in [0.25, 0.3) is 6.08 Å². The zero-order chi connectivity index (χ0) is 19.1. The molecular formula is C23H17FN2O. The van der Waals surface area contributed by atoms with E-state index in [0.29, 0.717) is 23.2 Å². The van der Waals surface area contributed by atoms with Crippen molar-refractivity contribution < 1.29 is 9.18 Å². The number of hydrogen-bond acceptors (Lipinski definition) is 2. The number of amides is 1. The molecule has 0 bridgehead atoms. The average Bonchev–Trinajstić information content (AvgIpc) is 2.69. The van der Waals surface area contributed by atoms with Gasteiger partial charge in [-0.2, -0.15) is 5.26 Å². The van der Waals surface area contributed by atoms with Crippen molar-refractivity contribution in [2.75, 3.05) is 5.32 Å². The third-order valence-electron chi connectivity index (χ3n) is 4.09. The van der Waals surface area contributed by atoms with Crippen molar-refractivity contribution in [3.05, 3.63) is 107 Å². The molecule has 0 saturated carbocycles. The molecule has 3 nitrogen and oxygen atoms in total. The summed E-state index contributed by atoms with van der Waals surface area (Å²) < 4.78 is 14.0. The summed E-state index contributed by atoms with van der Waals surface area (Å²) in [6, 6.07) is 24.8. The van der Waals surface area contributed by atoms with Crippen molar-refractivity contribution in [1.29, 1.82) is 5.26 Å². The molecule has 0 aromatic heterocycles. The number of para-hydroxylation sites is 1. The van der Waals surface area contributed by atoms with Crippen LogP contribution in [0.1, 0.15) is 16.7 Å². The van der Waals surface area contributed by atoms with Crippen LogP contribution in [0.5, 0.6) is 0 Å². The first kappa shape index (κ1) is 18.1. The normalized spacial score (nSPS) is 10.9. The third kappa shape index (κ3) is 4.68. The van der Waals surface area contributed by atoms with Gasteiger partial charge in [0.15, 0.2) is 0 Å². The molecule has 0 unspecified atom stereocenters. The molecule has 0 radical (unpaired) electrons. The van der Waals surface area contributed by atoms with E-state index in [1.54, 1.807) is 42.5 Å². The highest BCUT2D eigenvalue weighted by molar-refractivity contribution is 6.09. The Morgan fingerprint density at radius 3 is 2.26 bits per heavy atom. The van der Waals surface area contributed by atoms with Crippen LogP contribution in [0.3, 0.4) is 0 Å². The van der Waals surface area contributed by atoms with Crippen molar-refractivity contribution in [3.63, 3.8) is 0 Å². The van der Waals surface area contributed by atoms with Gasteiger partial charge in [-0.1, -0.05) is 60.7 Å². The molecule has 0 aliphatic heterocycles. The van der Waals surface area contributed by atoms with E-state index in [9.17, 15) is 14.4 Å². The maximum Gasteiger partial charge on any atom is 0.266 e. The zero-order valence-electron chi connectivity index (χ0n) is 14.5. The Balaban J connectivity index is 1.88. The molecule has 27 heavy (non-hydrogen) atoms. The second-order valence-corrected chi connectivity index (χ2v) is 5.96. The van der Waals surface area contributed by atoms with Gasteiger partial charge in [0.1, 0.15) is 17.5 Å². The summed E-state index contributed by atoms with van der Waals surface area (Å²) in [5.41, 5.74) is 2.71. The summed E-state index contributed by atoms with van der Waals surface area (Å²) in [6.07, 6.45) is 1.91. The van der Waals surface area contributed by atoms with Gasteiger partial charge in [0.05, 0.1) is 0 Å². The molecule has 1 amide bonds. The Bertz CT molecular complexity index is 1020. The largest absolute Gasteiger partial charge is 0.321 e. The smallest absolute Gasteiger partial charge is 0.266 e. The highest BCUT2D eigenvalue weighted by Gasteiger charge is 2.11. The molecule has 0 heterocycles. The lowest BCUT2D eigenvalue weighted by Gasteiger charge is -2.08. The Hall–Kier alpha value is -3.71. The van der Waals surface area contributed by atoms with Crippen LogP contribution in [0.15, 0.2) is 84.4 Å². The number of carbonyl (C=O) groups is 1. The van der Waals surface area contributed by atoms with Crippen LogP contribution < -0.4 is 5.32 Å². The first-order valence-corrected chi connectivity index (χ1v) is 8.47. The molecular weight excluding hydrogens is 339 g/mol. The van der Waals surface area contributed by atoms with E-state index in [4.69, 9.17) is 0 Å². The number of anilines is 1. The van der Waals surface area contributed by atoms with E-state index in [2.05, 4.69) is 5.32 Å². The van der Waals surface area contributed by atoms with E-state index in [-0.39, 0.29) is 11.4 Å². The van der Waals surface area contributed by atoms with Crippen LogP contribution in [0, 0.1) is 17.1 Å². The quantitative estimate of drug-likeness (QED) is 0.519. The molecule has 0 spiro atoms. The van der Waals surface area contributed by atoms with Crippen molar-refractivity contribution in [3.8, 4) is 6.07 Å². The highest BCUT2D eigenvalue weighted by atomic mass is 19.1. The third-order valence-corrected chi connectivity index (χ3v) is 4.09. The fourth-order valence-electron chi connectivity index (χ4n) is 2.71. The molecule has 3 aromatic carbocycles. The molecule has 3 rings (SSSR count). The van der Waals surface area contributed by atoms with Crippen molar-refractivity contribution >= 4 is 17.7 Å². The lowest BCUT2D eigenvalue weighted by molar-refractivity contribution is -0.112. The minimum atomic E-state index is -0.482. The summed E-state index contributed by atoms with van der Waals surface area (Å²) >= 11 is 0. The Kier molecular flexibility index (Phi) is 5.76. The fraction of sp³-hybridized carbons (Fsp3) is 0.0435. The SMILES string of the molecule is N#C/C(=C\c1ccccc1Cc1ccccc1F)C(=O)Nc1ccccc1. The second-order valence-electron chi connectivity index (χ2n) is 5.96. The van der Waals surface area contributed by atoms with Crippen LogP contribution in [-0.4, -0.2) is 5.91 Å². The number of nitrogens with one attached hydrogen (secondary N) is 1. The van der Waals surface area contributed by atoms with E-state index in [0.717, 1.165) is 5.56 Å². The Morgan fingerprint density at radius 1 is 0.926 bits per heavy atom. The Morgan fingerprint density at radius 2 is 1.56 bits per heavy atom. The van der Waals surface area contributed by atoms with Crippen molar-refractivity contribution in [2.24, 2.45) is 0 Å². The lowest BCUT2D eigenvalue weighted by atomic mass is 9.98. The van der Waals surface area contributed by atoms with Crippen LogP contribution in [0.4, 0.5) is 10.1 Å². The average molecular weight is 356 g/mol. The molecule has 0 aliphatic rings. The molecule has 0 fully saturated rings. The van der Waals surface area contributed by atoms with Gasteiger partial charge in [-0.3, -0.25) is 4.79 Å². The molecule has 4 heteroatoms. The van der Waals surface area contributed by atoms with Gasteiger partial charge in [-0.15, -0.1) is 0 Å². The molecule has 0 atom stereocenters. The monoisotopic (exact) mass is 356 g/mol. The lowest BCUT2D eigenvalue weighted by Crippen LogP contribution is -2.13. The van der Waals surface area contributed by atoms with Gasteiger partial charge >= 0.3 is 0 Å². The van der Waals surface area contributed by atoms with Crippen LogP contribution in [-0.2, 0) is 11.2 Å². The molecule has 0 aliphatic carbocycles. The van der Waals surface area contributed by atoms with Crippen LogP contribution in [0.2, 0.25) is 0 Å². The van der Waals surface area contributed by atoms with Gasteiger partial charge in [0, 0.05) is 12.1 Å². The highest BCUT2D eigenvalue weighted by Crippen LogP contribution is 2.19. The van der Waals surface area contributed by atoms with Gasteiger partial charge in [0.2, 0.25) is 0 Å². The number of rotatable bonds is 5. The maximum atomic E-state index is 14.0. The predicted molar refractivity (Wildman–Crippen MR) is 104 cm³/mol. The van der Waals surface area contributed by atoms with E-state index < -0.39 is 5.91 Å². The molecule has 0 saturated heterocycles. The van der Waals surface area contributed by atoms with E-state index in [1.165, 1.54) is 12.1 Å². The number of hydrogen-bond donors (Lipinski definition) is 1. The number of benzene rings is 3. The fourth-order valence-corrected chi connectivity index (χ4v) is 2.71. The maximum absolute atomic E-state index is 14.0. The standard InChI is InChI=1S/C23H17FN2O/c24-22-13-7-6-10-19(22)14-17-8-4-5-9-18(17)15-20(16-25)23(27)26-21-11-2-1-3-12-21/h1-13,15H,14H2,(H,26,27)/b20-15+. The predicted octanol–water partition coefficient (Wildman–Crippen LogP) is 4.96. The van der Waals surface area contributed by atoms with Crippen molar-refractivity contribution in [2.45, 2.75) is 6.42 Å².